The molecule has 28 heavy (non-hydrogen) atoms. The predicted molar refractivity (Wildman–Crippen MR) is 116 cm³/mol. The number of aromatic nitrogens is 1. The van der Waals surface area contributed by atoms with E-state index in [-0.39, 0.29) is 0 Å². The fourth-order valence-electron chi connectivity index (χ4n) is 3.75. The maximum atomic E-state index is 6.16. The van der Waals surface area contributed by atoms with Crippen LogP contribution in [-0.4, -0.2) is 4.98 Å². The second-order valence-corrected chi connectivity index (χ2v) is 6.93. The first-order chi connectivity index (χ1) is 13.8. The molecule has 0 aliphatic carbocycles. The Balaban J connectivity index is 1.72. The molecular weight excluding hydrogens is 342 g/mol. The van der Waals surface area contributed by atoms with Crippen LogP contribution in [0, 0.1) is 0 Å². The minimum atomic E-state index is 0.674. The summed E-state index contributed by atoms with van der Waals surface area (Å²) in [4.78, 5) is 4.79. The van der Waals surface area contributed by atoms with Crippen LogP contribution in [0.15, 0.2) is 95.9 Å². The summed E-state index contributed by atoms with van der Waals surface area (Å²) in [7, 11) is 0. The van der Waals surface area contributed by atoms with Crippen molar-refractivity contribution in [3.8, 4) is 11.5 Å². The fraction of sp³-hybridized carbons (Fsp3) is 0.0385. The standard InChI is InChI=1S/C26H19NO/c1-2-18-8-7-9-19(16-18)17-21-15-14-20-10-3-4-11-22(20)25(21)26-27-23-12-5-6-13-24(23)28-26/h2-16H,1,17H2. The monoisotopic (exact) mass is 361 g/mol. The molecular formula is C26H19NO. The Morgan fingerprint density at radius 3 is 2.61 bits per heavy atom. The van der Waals surface area contributed by atoms with E-state index in [1.165, 1.54) is 16.5 Å². The van der Waals surface area contributed by atoms with Gasteiger partial charge in [-0.05, 0) is 46.0 Å². The Labute approximate surface area is 163 Å². The van der Waals surface area contributed by atoms with Gasteiger partial charge in [0.15, 0.2) is 5.58 Å². The van der Waals surface area contributed by atoms with Gasteiger partial charge in [-0.1, -0.05) is 85.5 Å². The van der Waals surface area contributed by atoms with Crippen molar-refractivity contribution < 1.29 is 4.42 Å². The molecule has 1 aromatic heterocycles. The maximum Gasteiger partial charge on any atom is 0.228 e. The lowest BCUT2D eigenvalue weighted by Crippen LogP contribution is -1.94. The zero-order valence-electron chi connectivity index (χ0n) is 15.4. The highest BCUT2D eigenvalue weighted by Crippen LogP contribution is 2.35. The zero-order valence-corrected chi connectivity index (χ0v) is 15.4. The van der Waals surface area contributed by atoms with Crippen molar-refractivity contribution in [3.05, 3.63) is 108 Å². The van der Waals surface area contributed by atoms with Gasteiger partial charge >= 0.3 is 0 Å². The summed E-state index contributed by atoms with van der Waals surface area (Å²) in [6, 6.07) is 29.1. The highest BCUT2D eigenvalue weighted by Gasteiger charge is 2.16. The molecule has 2 heteroatoms. The Morgan fingerprint density at radius 1 is 0.857 bits per heavy atom. The largest absolute Gasteiger partial charge is 0.436 e. The Hall–Kier alpha value is -3.65. The molecule has 0 unspecified atom stereocenters. The van der Waals surface area contributed by atoms with E-state index in [4.69, 9.17) is 9.40 Å². The minimum absolute atomic E-state index is 0.674. The number of benzene rings is 4. The summed E-state index contributed by atoms with van der Waals surface area (Å²) in [6.45, 7) is 3.88. The van der Waals surface area contributed by atoms with Crippen LogP contribution < -0.4 is 0 Å². The third kappa shape index (κ3) is 2.89. The summed E-state index contributed by atoms with van der Waals surface area (Å²) in [5, 5.41) is 2.34. The molecule has 0 radical (unpaired) electrons. The average Bonchev–Trinajstić information content (AvgIpc) is 3.17. The van der Waals surface area contributed by atoms with Crippen molar-refractivity contribution in [3.63, 3.8) is 0 Å². The fourth-order valence-corrected chi connectivity index (χ4v) is 3.75. The first-order valence-corrected chi connectivity index (χ1v) is 9.40. The van der Waals surface area contributed by atoms with Gasteiger partial charge in [0.1, 0.15) is 5.52 Å². The Bertz CT molecular complexity index is 1280. The first kappa shape index (κ1) is 16.5. The molecule has 0 atom stereocenters. The van der Waals surface area contributed by atoms with Crippen LogP contribution in [0.5, 0.6) is 0 Å². The van der Waals surface area contributed by atoms with Crippen LogP contribution in [0.4, 0.5) is 0 Å². The van der Waals surface area contributed by atoms with Gasteiger partial charge in [-0.2, -0.15) is 0 Å². The summed E-state index contributed by atoms with van der Waals surface area (Å²) in [5.41, 5.74) is 6.33. The van der Waals surface area contributed by atoms with Gasteiger partial charge in [0, 0.05) is 5.56 Å². The summed E-state index contributed by atoms with van der Waals surface area (Å²) in [5.74, 6) is 0.674. The SMILES string of the molecule is C=Cc1cccc(Cc2ccc3ccccc3c2-c2nc3ccccc3o2)c1. The predicted octanol–water partition coefficient (Wildman–Crippen LogP) is 6.88. The van der Waals surface area contributed by atoms with Crippen molar-refractivity contribution in [2.24, 2.45) is 0 Å². The lowest BCUT2D eigenvalue weighted by atomic mass is 9.94. The average molecular weight is 361 g/mol. The lowest BCUT2D eigenvalue weighted by Gasteiger charge is -2.11. The lowest BCUT2D eigenvalue weighted by molar-refractivity contribution is 0.620. The van der Waals surface area contributed by atoms with Gasteiger partial charge in [0.05, 0.1) is 0 Å². The van der Waals surface area contributed by atoms with E-state index in [9.17, 15) is 0 Å². The third-order valence-electron chi connectivity index (χ3n) is 5.10. The van der Waals surface area contributed by atoms with Crippen LogP contribution >= 0.6 is 0 Å². The van der Waals surface area contributed by atoms with E-state index in [1.54, 1.807) is 0 Å². The third-order valence-corrected chi connectivity index (χ3v) is 5.10. The molecule has 0 N–H and O–H groups in total. The quantitative estimate of drug-likeness (QED) is 0.349. The Morgan fingerprint density at radius 2 is 1.71 bits per heavy atom. The molecule has 0 bridgehead atoms. The molecule has 5 rings (SSSR count). The molecule has 0 aliphatic rings. The number of hydrogen-bond donors (Lipinski definition) is 0. The summed E-state index contributed by atoms with van der Waals surface area (Å²) >= 11 is 0. The van der Waals surface area contributed by atoms with Crippen LogP contribution in [0.1, 0.15) is 16.7 Å². The second-order valence-electron chi connectivity index (χ2n) is 6.93. The van der Waals surface area contributed by atoms with Gasteiger partial charge in [0.2, 0.25) is 5.89 Å². The molecule has 0 fully saturated rings. The minimum Gasteiger partial charge on any atom is -0.436 e. The molecule has 134 valence electrons. The highest BCUT2D eigenvalue weighted by molar-refractivity contribution is 5.97. The van der Waals surface area contributed by atoms with Gasteiger partial charge in [-0.15, -0.1) is 0 Å². The molecule has 4 aromatic carbocycles. The molecule has 0 aliphatic heterocycles. The van der Waals surface area contributed by atoms with E-state index in [0.717, 1.165) is 34.0 Å². The van der Waals surface area contributed by atoms with Gasteiger partial charge in [0.25, 0.3) is 0 Å². The smallest absolute Gasteiger partial charge is 0.228 e. The Kier molecular flexibility index (Phi) is 4.02. The number of oxazole rings is 1. The molecule has 0 saturated heterocycles. The second kappa shape index (κ2) is 6.82. The van der Waals surface area contributed by atoms with Crippen LogP contribution in [0.3, 0.4) is 0 Å². The summed E-state index contributed by atoms with van der Waals surface area (Å²) in [6.07, 6.45) is 2.69. The number of rotatable bonds is 4. The number of hydrogen-bond acceptors (Lipinski definition) is 2. The van der Waals surface area contributed by atoms with E-state index in [2.05, 4.69) is 67.2 Å². The van der Waals surface area contributed by atoms with Crippen molar-refractivity contribution >= 4 is 27.9 Å². The highest BCUT2D eigenvalue weighted by atomic mass is 16.3. The van der Waals surface area contributed by atoms with Crippen LogP contribution in [0.25, 0.3) is 39.4 Å². The molecule has 0 spiro atoms. The van der Waals surface area contributed by atoms with Crippen LogP contribution in [0.2, 0.25) is 0 Å². The molecule has 5 aromatic rings. The summed E-state index contributed by atoms with van der Waals surface area (Å²) < 4.78 is 6.16. The van der Waals surface area contributed by atoms with Gasteiger partial charge < -0.3 is 4.42 Å². The molecule has 0 amide bonds. The van der Waals surface area contributed by atoms with E-state index in [1.807, 2.05) is 30.3 Å². The van der Waals surface area contributed by atoms with Gasteiger partial charge in [-0.3, -0.25) is 0 Å². The number of fused-ring (bicyclic) bond motifs is 2. The van der Waals surface area contributed by atoms with Crippen molar-refractivity contribution in [1.82, 2.24) is 4.98 Å². The molecule has 2 nitrogen and oxygen atoms in total. The normalized spacial score (nSPS) is 11.1. The molecule has 0 saturated carbocycles. The van der Waals surface area contributed by atoms with Gasteiger partial charge in [-0.25, -0.2) is 4.98 Å². The molecule has 1 heterocycles. The zero-order chi connectivity index (χ0) is 18.9. The van der Waals surface area contributed by atoms with E-state index in [0.29, 0.717) is 5.89 Å². The maximum absolute atomic E-state index is 6.16. The van der Waals surface area contributed by atoms with Crippen molar-refractivity contribution in [1.29, 1.82) is 0 Å². The van der Waals surface area contributed by atoms with Crippen molar-refractivity contribution in [2.75, 3.05) is 0 Å². The van der Waals surface area contributed by atoms with E-state index >= 15 is 0 Å². The topological polar surface area (TPSA) is 26.0 Å². The van der Waals surface area contributed by atoms with Crippen molar-refractivity contribution in [2.45, 2.75) is 6.42 Å². The first-order valence-electron chi connectivity index (χ1n) is 9.40. The van der Waals surface area contributed by atoms with E-state index < -0.39 is 0 Å². The van der Waals surface area contributed by atoms with Crippen LogP contribution in [-0.2, 0) is 6.42 Å². The number of para-hydroxylation sites is 2. The number of nitrogens with zero attached hydrogens (tertiary/aromatic N) is 1.